The van der Waals surface area contributed by atoms with Crippen LogP contribution in [0.25, 0.3) is 0 Å². The Kier molecular flexibility index (Phi) is 4.77. The molecule has 8 heteroatoms. The smallest absolute Gasteiger partial charge is 0.175 e. The summed E-state index contributed by atoms with van der Waals surface area (Å²) in [5.74, 6) is 2.26. The molecule has 1 unspecified atom stereocenters. The van der Waals surface area contributed by atoms with Gasteiger partial charge in [-0.25, -0.2) is 9.97 Å². The van der Waals surface area contributed by atoms with Crippen LogP contribution in [-0.4, -0.2) is 54.3 Å². The molecule has 1 aromatic carbocycles. The van der Waals surface area contributed by atoms with Crippen LogP contribution in [0.1, 0.15) is 11.4 Å². The first kappa shape index (κ1) is 16.9. The maximum atomic E-state index is 9.28. The first-order valence-electron chi connectivity index (χ1n) is 8.94. The van der Waals surface area contributed by atoms with Crippen molar-refractivity contribution in [1.29, 1.82) is 0 Å². The van der Waals surface area contributed by atoms with Crippen molar-refractivity contribution in [3.8, 4) is 0 Å². The minimum Gasteiger partial charge on any atom is -0.396 e. The molecule has 3 heterocycles. The lowest BCUT2D eigenvalue weighted by molar-refractivity contribution is 0.122. The molecule has 0 radical (unpaired) electrons. The molecule has 4 N–H and O–H groups in total. The number of anilines is 4. The maximum absolute atomic E-state index is 9.28. The van der Waals surface area contributed by atoms with Crippen LogP contribution in [0.15, 0.2) is 24.3 Å². The Balaban J connectivity index is 1.59. The molecule has 2 aliphatic heterocycles. The Morgan fingerprint density at radius 3 is 2.88 bits per heavy atom. The Morgan fingerprint density at radius 2 is 2.12 bits per heavy atom. The lowest BCUT2D eigenvalue weighted by Crippen LogP contribution is -2.37. The SMILES string of the molecule is Cc1cccc(NC2Nc3nc(CCO)nc(N4CCOCC4)c3N2)c1. The molecule has 8 nitrogen and oxygen atoms in total. The van der Waals surface area contributed by atoms with Crippen LogP contribution in [0, 0.1) is 6.92 Å². The highest BCUT2D eigenvalue weighted by atomic mass is 16.5. The molecule has 1 atom stereocenters. The Morgan fingerprint density at radius 1 is 1.27 bits per heavy atom. The van der Waals surface area contributed by atoms with Gasteiger partial charge < -0.3 is 30.7 Å². The molecule has 4 rings (SSSR count). The maximum Gasteiger partial charge on any atom is 0.175 e. The average molecular weight is 356 g/mol. The summed E-state index contributed by atoms with van der Waals surface area (Å²) in [4.78, 5) is 11.5. The summed E-state index contributed by atoms with van der Waals surface area (Å²) < 4.78 is 5.46. The average Bonchev–Trinajstić information content (AvgIpc) is 3.04. The molecule has 1 saturated heterocycles. The van der Waals surface area contributed by atoms with Crippen molar-refractivity contribution < 1.29 is 9.84 Å². The second-order valence-corrected chi connectivity index (χ2v) is 6.50. The van der Waals surface area contributed by atoms with E-state index < -0.39 is 0 Å². The summed E-state index contributed by atoms with van der Waals surface area (Å²) in [6.07, 6.45) is 0.257. The normalized spacial score (nSPS) is 18.8. The summed E-state index contributed by atoms with van der Waals surface area (Å²) in [6.45, 7) is 5.05. The Hall–Kier alpha value is -2.58. The molecular formula is C18H24N6O2. The fourth-order valence-corrected chi connectivity index (χ4v) is 3.24. The molecule has 0 saturated carbocycles. The van der Waals surface area contributed by atoms with Crippen LogP contribution in [0.5, 0.6) is 0 Å². The zero-order chi connectivity index (χ0) is 17.9. The second-order valence-electron chi connectivity index (χ2n) is 6.50. The van der Waals surface area contributed by atoms with Crippen molar-refractivity contribution in [2.75, 3.05) is 53.8 Å². The molecule has 0 aliphatic carbocycles. The zero-order valence-electron chi connectivity index (χ0n) is 14.8. The van der Waals surface area contributed by atoms with E-state index >= 15 is 0 Å². The summed E-state index contributed by atoms with van der Waals surface area (Å²) >= 11 is 0. The summed E-state index contributed by atoms with van der Waals surface area (Å²) in [5, 5.41) is 19.5. The molecule has 26 heavy (non-hydrogen) atoms. The van der Waals surface area contributed by atoms with E-state index in [2.05, 4.69) is 49.9 Å². The highest BCUT2D eigenvalue weighted by Crippen LogP contribution is 2.36. The third-order valence-corrected chi connectivity index (χ3v) is 4.48. The zero-order valence-corrected chi connectivity index (χ0v) is 14.8. The summed E-state index contributed by atoms with van der Waals surface area (Å²) in [6, 6.07) is 8.22. The molecular weight excluding hydrogens is 332 g/mol. The van der Waals surface area contributed by atoms with Gasteiger partial charge >= 0.3 is 0 Å². The van der Waals surface area contributed by atoms with E-state index in [1.54, 1.807) is 0 Å². The van der Waals surface area contributed by atoms with E-state index in [0.29, 0.717) is 25.5 Å². The minimum absolute atomic E-state index is 0.0275. The minimum atomic E-state index is -0.176. The fraction of sp³-hybridized carbons (Fsp3) is 0.444. The van der Waals surface area contributed by atoms with Gasteiger partial charge in [-0.2, -0.15) is 0 Å². The van der Waals surface area contributed by atoms with Crippen LogP contribution < -0.4 is 20.9 Å². The molecule has 0 spiro atoms. The lowest BCUT2D eigenvalue weighted by Gasteiger charge is -2.29. The second kappa shape index (κ2) is 7.35. The van der Waals surface area contributed by atoms with E-state index in [1.165, 1.54) is 5.56 Å². The predicted octanol–water partition coefficient (Wildman–Crippen LogP) is 1.39. The largest absolute Gasteiger partial charge is 0.396 e. The Bertz CT molecular complexity index is 778. The predicted molar refractivity (Wildman–Crippen MR) is 102 cm³/mol. The van der Waals surface area contributed by atoms with Crippen molar-refractivity contribution in [2.45, 2.75) is 19.6 Å². The number of ether oxygens (including phenoxy) is 1. The number of fused-ring (bicyclic) bond motifs is 1. The number of aliphatic hydroxyl groups excluding tert-OH is 1. The van der Waals surface area contributed by atoms with Crippen LogP contribution in [0.2, 0.25) is 0 Å². The summed E-state index contributed by atoms with van der Waals surface area (Å²) in [7, 11) is 0. The topological polar surface area (TPSA) is 94.6 Å². The van der Waals surface area contributed by atoms with Crippen molar-refractivity contribution in [2.24, 2.45) is 0 Å². The number of rotatable bonds is 5. The van der Waals surface area contributed by atoms with Gasteiger partial charge in [0.05, 0.1) is 19.8 Å². The number of hydrogen-bond donors (Lipinski definition) is 4. The van der Waals surface area contributed by atoms with Crippen molar-refractivity contribution in [3.05, 3.63) is 35.7 Å². The van der Waals surface area contributed by atoms with Gasteiger partial charge in [-0.15, -0.1) is 0 Å². The van der Waals surface area contributed by atoms with E-state index in [-0.39, 0.29) is 12.9 Å². The van der Waals surface area contributed by atoms with Crippen molar-refractivity contribution >= 4 is 23.0 Å². The number of morpholine rings is 1. The lowest BCUT2D eigenvalue weighted by atomic mass is 10.2. The van der Waals surface area contributed by atoms with Gasteiger partial charge in [0, 0.05) is 25.2 Å². The van der Waals surface area contributed by atoms with Crippen molar-refractivity contribution in [3.63, 3.8) is 0 Å². The molecule has 2 aromatic rings. The molecule has 138 valence electrons. The third-order valence-electron chi connectivity index (χ3n) is 4.48. The quantitative estimate of drug-likeness (QED) is 0.639. The van der Waals surface area contributed by atoms with Gasteiger partial charge in [0.2, 0.25) is 0 Å². The van der Waals surface area contributed by atoms with Gasteiger partial charge in [-0.05, 0) is 24.6 Å². The van der Waals surface area contributed by atoms with Crippen LogP contribution in [0.4, 0.5) is 23.0 Å². The van der Waals surface area contributed by atoms with Gasteiger partial charge in [-0.1, -0.05) is 12.1 Å². The highest BCUT2D eigenvalue weighted by molar-refractivity contribution is 5.83. The molecule has 2 aliphatic rings. The van der Waals surface area contributed by atoms with Gasteiger partial charge in [0.25, 0.3) is 0 Å². The Labute approximate surface area is 152 Å². The van der Waals surface area contributed by atoms with Gasteiger partial charge in [0.15, 0.2) is 17.9 Å². The number of nitrogens with zero attached hydrogens (tertiary/aromatic N) is 3. The fourth-order valence-electron chi connectivity index (χ4n) is 3.24. The first-order chi connectivity index (χ1) is 12.7. The van der Waals surface area contributed by atoms with E-state index in [0.717, 1.165) is 36.1 Å². The monoisotopic (exact) mass is 356 g/mol. The van der Waals surface area contributed by atoms with E-state index in [1.807, 2.05) is 12.1 Å². The van der Waals surface area contributed by atoms with E-state index in [4.69, 9.17) is 4.74 Å². The van der Waals surface area contributed by atoms with Gasteiger partial charge in [-0.3, -0.25) is 0 Å². The molecule has 0 bridgehead atoms. The highest BCUT2D eigenvalue weighted by Gasteiger charge is 2.28. The number of aliphatic hydroxyl groups is 1. The van der Waals surface area contributed by atoms with Crippen LogP contribution >= 0.6 is 0 Å². The van der Waals surface area contributed by atoms with Crippen LogP contribution in [0.3, 0.4) is 0 Å². The van der Waals surface area contributed by atoms with Crippen molar-refractivity contribution in [1.82, 2.24) is 9.97 Å². The van der Waals surface area contributed by atoms with Gasteiger partial charge in [0.1, 0.15) is 11.5 Å². The number of benzene rings is 1. The number of hydrogen-bond acceptors (Lipinski definition) is 8. The standard InChI is InChI=1S/C18H24N6O2/c1-12-3-2-4-13(11-12)19-18-22-15-16(23-18)20-14(5-8-25)21-17(15)24-6-9-26-10-7-24/h2-4,11,18-19,22,25H,5-10H2,1H3,(H,20,21,23). The number of aromatic nitrogens is 2. The van der Waals surface area contributed by atoms with E-state index in [9.17, 15) is 5.11 Å². The molecule has 1 aromatic heterocycles. The summed E-state index contributed by atoms with van der Waals surface area (Å²) in [5.41, 5.74) is 3.11. The van der Waals surface area contributed by atoms with Crippen LogP contribution in [-0.2, 0) is 11.2 Å². The molecule has 0 amide bonds. The third kappa shape index (κ3) is 3.51. The first-order valence-corrected chi connectivity index (χ1v) is 8.94. The number of nitrogens with one attached hydrogen (secondary N) is 3. The number of aryl methyl sites for hydroxylation is 1. The molecule has 1 fully saturated rings.